The lowest BCUT2D eigenvalue weighted by Crippen LogP contribution is -2.35. The molecule has 0 aromatic carbocycles. The second-order valence-corrected chi connectivity index (χ2v) is 7.40. The Hall–Kier alpha value is 0.290. The van der Waals surface area contributed by atoms with Crippen molar-refractivity contribution in [3.8, 4) is 0 Å². The van der Waals surface area contributed by atoms with Gasteiger partial charge in [0, 0.05) is 5.38 Å². The minimum Gasteiger partial charge on any atom is -0.123 e. The topological polar surface area (TPSA) is 0 Å². The lowest BCUT2D eigenvalue weighted by Gasteiger charge is -2.42. The Bertz CT molecular complexity index is 210. The van der Waals surface area contributed by atoms with E-state index in [4.69, 9.17) is 11.6 Å². The molecule has 1 heteroatoms. The highest BCUT2D eigenvalue weighted by Crippen LogP contribution is 2.45. The monoisotopic (exact) mass is 258 g/mol. The van der Waals surface area contributed by atoms with Crippen molar-refractivity contribution in [2.24, 2.45) is 17.3 Å². The molecule has 0 aromatic rings. The van der Waals surface area contributed by atoms with Gasteiger partial charge in [0.15, 0.2) is 0 Å². The van der Waals surface area contributed by atoms with Crippen LogP contribution in [-0.2, 0) is 0 Å². The molecule has 1 aliphatic rings. The summed E-state index contributed by atoms with van der Waals surface area (Å²) in [6.07, 6.45) is 10.8. The first kappa shape index (κ1) is 15.3. The van der Waals surface area contributed by atoms with Crippen LogP contribution in [0.15, 0.2) is 0 Å². The fourth-order valence-corrected chi connectivity index (χ4v) is 4.16. The van der Waals surface area contributed by atoms with Crippen LogP contribution in [0.2, 0.25) is 0 Å². The minimum absolute atomic E-state index is 0.417. The highest BCUT2D eigenvalue weighted by atomic mass is 35.5. The van der Waals surface area contributed by atoms with Gasteiger partial charge in [-0.3, -0.25) is 0 Å². The van der Waals surface area contributed by atoms with Gasteiger partial charge in [-0.25, -0.2) is 0 Å². The molecule has 3 unspecified atom stereocenters. The zero-order chi connectivity index (χ0) is 12.9. The first-order valence-corrected chi connectivity index (χ1v) is 8.05. The Morgan fingerprint density at radius 1 is 1.12 bits per heavy atom. The Balaban J connectivity index is 2.40. The number of alkyl halides is 1. The third-order valence-electron chi connectivity index (χ3n) is 4.71. The van der Waals surface area contributed by atoms with Gasteiger partial charge in [-0.15, -0.1) is 11.6 Å². The Labute approximate surface area is 114 Å². The maximum absolute atomic E-state index is 6.60. The van der Waals surface area contributed by atoms with E-state index in [9.17, 15) is 0 Å². The van der Waals surface area contributed by atoms with Crippen molar-refractivity contribution in [1.82, 2.24) is 0 Å². The largest absolute Gasteiger partial charge is 0.123 e. The van der Waals surface area contributed by atoms with Gasteiger partial charge in [-0.1, -0.05) is 59.8 Å². The van der Waals surface area contributed by atoms with Gasteiger partial charge in [0.2, 0.25) is 0 Å². The third-order valence-corrected chi connectivity index (χ3v) is 5.20. The summed E-state index contributed by atoms with van der Waals surface area (Å²) in [4.78, 5) is 0. The number of halogens is 1. The van der Waals surface area contributed by atoms with E-state index in [2.05, 4.69) is 27.7 Å². The summed E-state index contributed by atoms with van der Waals surface area (Å²) in [5.74, 6) is 1.58. The lowest BCUT2D eigenvalue weighted by atomic mass is 9.66. The van der Waals surface area contributed by atoms with Crippen LogP contribution in [0.5, 0.6) is 0 Å². The molecule has 0 aromatic heterocycles. The average molecular weight is 259 g/mol. The molecule has 0 radical (unpaired) electrons. The van der Waals surface area contributed by atoms with Gasteiger partial charge in [-0.2, -0.15) is 0 Å². The molecule has 1 fully saturated rings. The van der Waals surface area contributed by atoms with Crippen LogP contribution in [0.3, 0.4) is 0 Å². The quantitative estimate of drug-likeness (QED) is 0.403. The summed E-state index contributed by atoms with van der Waals surface area (Å²) in [6.45, 7) is 9.51. The number of unbranched alkanes of at least 4 members (excludes halogenated alkanes) is 3. The van der Waals surface area contributed by atoms with Crippen LogP contribution in [0, 0.1) is 17.3 Å². The first-order valence-electron chi connectivity index (χ1n) is 7.61. The maximum Gasteiger partial charge on any atom is 0.0371 e. The smallest absolute Gasteiger partial charge is 0.0371 e. The molecule has 0 heterocycles. The molecule has 0 nitrogen and oxygen atoms in total. The van der Waals surface area contributed by atoms with E-state index in [1.807, 2.05) is 0 Å². The van der Waals surface area contributed by atoms with Crippen LogP contribution in [-0.4, -0.2) is 5.38 Å². The van der Waals surface area contributed by atoms with Gasteiger partial charge in [0.1, 0.15) is 0 Å². The SMILES string of the molecule is CCCCCCC(C)(C)C1CCC(C)CC1Cl. The van der Waals surface area contributed by atoms with E-state index in [0.717, 1.165) is 11.8 Å². The highest BCUT2D eigenvalue weighted by molar-refractivity contribution is 6.20. The molecule has 0 spiro atoms. The highest BCUT2D eigenvalue weighted by Gasteiger charge is 2.37. The predicted molar refractivity (Wildman–Crippen MR) is 78.7 cm³/mol. The molecule has 1 rings (SSSR count). The van der Waals surface area contributed by atoms with Crippen molar-refractivity contribution in [2.75, 3.05) is 0 Å². The lowest BCUT2D eigenvalue weighted by molar-refractivity contribution is 0.128. The Morgan fingerprint density at radius 2 is 1.82 bits per heavy atom. The number of hydrogen-bond donors (Lipinski definition) is 0. The van der Waals surface area contributed by atoms with Crippen molar-refractivity contribution >= 4 is 11.6 Å². The molecule has 0 saturated heterocycles. The second kappa shape index (κ2) is 7.02. The molecule has 0 amide bonds. The minimum atomic E-state index is 0.417. The molecular weight excluding hydrogens is 228 g/mol. The standard InChI is InChI=1S/C16H31Cl/c1-5-6-7-8-11-16(3,4)14-10-9-13(2)12-15(14)17/h13-15H,5-12H2,1-4H3. The van der Waals surface area contributed by atoms with Crippen molar-refractivity contribution in [1.29, 1.82) is 0 Å². The Kier molecular flexibility index (Phi) is 6.34. The molecule has 3 atom stereocenters. The van der Waals surface area contributed by atoms with Gasteiger partial charge in [0.25, 0.3) is 0 Å². The van der Waals surface area contributed by atoms with Crippen LogP contribution in [0.1, 0.15) is 79.1 Å². The van der Waals surface area contributed by atoms with Crippen LogP contribution < -0.4 is 0 Å². The number of hydrogen-bond acceptors (Lipinski definition) is 0. The van der Waals surface area contributed by atoms with E-state index < -0.39 is 0 Å². The van der Waals surface area contributed by atoms with E-state index >= 15 is 0 Å². The summed E-state index contributed by atoms with van der Waals surface area (Å²) < 4.78 is 0. The zero-order valence-electron chi connectivity index (χ0n) is 12.3. The summed E-state index contributed by atoms with van der Waals surface area (Å²) in [5, 5.41) is 0.417. The van der Waals surface area contributed by atoms with Gasteiger partial charge in [-0.05, 0) is 36.5 Å². The molecule has 102 valence electrons. The van der Waals surface area contributed by atoms with E-state index in [1.54, 1.807) is 0 Å². The molecule has 0 aliphatic heterocycles. The summed E-state index contributed by atoms with van der Waals surface area (Å²) in [5.41, 5.74) is 0.445. The van der Waals surface area contributed by atoms with Crippen molar-refractivity contribution in [3.63, 3.8) is 0 Å². The fourth-order valence-electron chi connectivity index (χ4n) is 3.38. The molecule has 17 heavy (non-hydrogen) atoms. The summed E-state index contributed by atoms with van der Waals surface area (Å²) in [6, 6.07) is 0. The van der Waals surface area contributed by atoms with E-state index in [1.165, 1.54) is 51.4 Å². The normalized spacial score (nSPS) is 30.5. The predicted octanol–water partition coefficient (Wildman–Crippen LogP) is 6.03. The molecule has 0 N–H and O–H groups in total. The Morgan fingerprint density at radius 3 is 2.41 bits per heavy atom. The zero-order valence-corrected chi connectivity index (χ0v) is 13.0. The van der Waals surface area contributed by atoms with Crippen LogP contribution in [0.4, 0.5) is 0 Å². The summed E-state index contributed by atoms with van der Waals surface area (Å²) >= 11 is 6.60. The maximum atomic E-state index is 6.60. The molecular formula is C16H31Cl. The molecule has 1 aliphatic carbocycles. The van der Waals surface area contributed by atoms with Crippen molar-refractivity contribution in [2.45, 2.75) is 84.4 Å². The van der Waals surface area contributed by atoms with Crippen molar-refractivity contribution in [3.05, 3.63) is 0 Å². The van der Waals surface area contributed by atoms with Crippen LogP contribution in [0.25, 0.3) is 0 Å². The van der Waals surface area contributed by atoms with E-state index in [-0.39, 0.29) is 0 Å². The third kappa shape index (κ3) is 4.81. The molecule has 1 saturated carbocycles. The number of rotatable bonds is 6. The van der Waals surface area contributed by atoms with Crippen LogP contribution >= 0.6 is 11.6 Å². The first-order chi connectivity index (χ1) is 7.97. The van der Waals surface area contributed by atoms with Crippen molar-refractivity contribution < 1.29 is 0 Å². The van der Waals surface area contributed by atoms with Gasteiger partial charge in [0.05, 0.1) is 0 Å². The van der Waals surface area contributed by atoms with E-state index in [0.29, 0.717) is 10.8 Å². The van der Waals surface area contributed by atoms with Gasteiger partial charge < -0.3 is 0 Å². The average Bonchev–Trinajstić information content (AvgIpc) is 2.24. The second-order valence-electron chi connectivity index (χ2n) is 6.84. The fraction of sp³-hybridized carbons (Fsp3) is 1.00. The summed E-state index contributed by atoms with van der Waals surface area (Å²) in [7, 11) is 0. The molecule has 0 bridgehead atoms. The van der Waals surface area contributed by atoms with Gasteiger partial charge >= 0.3 is 0 Å².